The van der Waals surface area contributed by atoms with Crippen LogP contribution in [0.2, 0.25) is 0 Å². The number of nitrogens with zero attached hydrogens (tertiary/aromatic N) is 2. The van der Waals surface area contributed by atoms with Crippen molar-refractivity contribution in [3.8, 4) is 0 Å². The van der Waals surface area contributed by atoms with E-state index in [1.165, 1.54) is 11.3 Å². The highest BCUT2D eigenvalue weighted by atomic mass is 16.2. The van der Waals surface area contributed by atoms with Crippen LogP contribution >= 0.6 is 0 Å². The molecule has 1 fully saturated rings. The monoisotopic (exact) mass is 351 g/mol. The molecule has 4 heteroatoms. The maximum Gasteiger partial charge on any atom is 0.234 e. The van der Waals surface area contributed by atoms with Crippen LogP contribution in [-0.2, 0) is 4.79 Å². The van der Waals surface area contributed by atoms with E-state index < -0.39 is 0 Å². The standard InChI is InChI=1S/C22H29N3O/c1-2-19(20-9-5-3-6-10-20)17-23-22(26)18-24-13-15-25(16-14-24)21-11-7-4-8-12-21/h3-12,19H,2,13-18H2,1H3,(H,23,26)/t19-/m1/s1. The minimum absolute atomic E-state index is 0.132. The molecule has 1 amide bonds. The lowest BCUT2D eigenvalue weighted by Crippen LogP contribution is -2.49. The zero-order chi connectivity index (χ0) is 18.2. The van der Waals surface area contributed by atoms with Crippen LogP contribution in [0.15, 0.2) is 60.7 Å². The largest absolute Gasteiger partial charge is 0.369 e. The molecule has 0 saturated carbocycles. The zero-order valence-electron chi connectivity index (χ0n) is 15.6. The molecule has 1 N–H and O–H groups in total. The van der Waals surface area contributed by atoms with E-state index in [4.69, 9.17) is 0 Å². The average Bonchev–Trinajstić information content (AvgIpc) is 2.70. The molecule has 4 nitrogen and oxygen atoms in total. The second kappa shape index (κ2) is 9.39. The summed E-state index contributed by atoms with van der Waals surface area (Å²) < 4.78 is 0. The maximum atomic E-state index is 12.3. The van der Waals surface area contributed by atoms with Gasteiger partial charge in [0.1, 0.15) is 0 Å². The molecule has 0 aromatic heterocycles. The Kier molecular flexibility index (Phi) is 6.67. The SMILES string of the molecule is CC[C@H](CNC(=O)CN1CCN(c2ccccc2)CC1)c1ccccc1. The Hall–Kier alpha value is -2.33. The predicted octanol–water partition coefficient (Wildman–Crippen LogP) is 3.12. The summed E-state index contributed by atoms with van der Waals surface area (Å²) in [4.78, 5) is 17.0. The highest BCUT2D eigenvalue weighted by molar-refractivity contribution is 5.78. The molecule has 1 aliphatic heterocycles. The van der Waals surface area contributed by atoms with E-state index in [0.29, 0.717) is 19.0 Å². The van der Waals surface area contributed by atoms with Crippen LogP contribution in [0.25, 0.3) is 0 Å². The molecule has 1 aliphatic rings. The van der Waals surface area contributed by atoms with Gasteiger partial charge >= 0.3 is 0 Å². The van der Waals surface area contributed by atoms with E-state index in [1.807, 2.05) is 12.1 Å². The first kappa shape index (κ1) is 18.5. The van der Waals surface area contributed by atoms with Crippen molar-refractivity contribution >= 4 is 11.6 Å². The molecule has 138 valence electrons. The summed E-state index contributed by atoms with van der Waals surface area (Å²) in [5.41, 5.74) is 2.57. The second-order valence-corrected chi connectivity index (χ2v) is 6.92. The number of rotatable bonds is 7. The number of piperazine rings is 1. The lowest BCUT2D eigenvalue weighted by molar-refractivity contribution is -0.122. The summed E-state index contributed by atoms with van der Waals surface area (Å²) in [6, 6.07) is 20.9. The molecule has 0 unspecified atom stereocenters. The minimum atomic E-state index is 0.132. The van der Waals surface area contributed by atoms with Gasteiger partial charge < -0.3 is 10.2 Å². The number of amides is 1. The number of benzene rings is 2. The van der Waals surface area contributed by atoms with Gasteiger partial charge in [-0.1, -0.05) is 55.5 Å². The second-order valence-electron chi connectivity index (χ2n) is 6.92. The van der Waals surface area contributed by atoms with Crippen LogP contribution in [0, 0.1) is 0 Å². The molecule has 3 rings (SSSR count). The van der Waals surface area contributed by atoms with Gasteiger partial charge in [0.15, 0.2) is 0 Å². The molecule has 0 aliphatic carbocycles. The van der Waals surface area contributed by atoms with E-state index in [1.54, 1.807) is 0 Å². The van der Waals surface area contributed by atoms with E-state index in [9.17, 15) is 4.79 Å². The smallest absolute Gasteiger partial charge is 0.234 e. The van der Waals surface area contributed by atoms with Gasteiger partial charge in [0.05, 0.1) is 6.54 Å². The van der Waals surface area contributed by atoms with Crippen molar-refractivity contribution in [1.82, 2.24) is 10.2 Å². The average molecular weight is 351 g/mol. The summed E-state index contributed by atoms with van der Waals surface area (Å²) in [5.74, 6) is 0.516. The molecule has 2 aromatic rings. The van der Waals surface area contributed by atoms with Crippen molar-refractivity contribution in [1.29, 1.82) is 0 Å². The van der Waals surface area contributed by atoms with Gasteiger partial charge in [-0.2, -0.15) is 0 Å². The van der Waals surface area contributed by atoms with Crippen molar-refractivity contribution in [2.24, 2.45) is 0 Å². The van der Waals surface area contributed by atoms with Crippen LogP contribution in [-0.4, -0.2) is 50.1 Å². The molecule has 26 heavy (non-hydrogen) atoms. The lowest BCUT2D eigenvalue weighted by atomic mass is 9.96. The Morgan fingerprint density at radius 2 is 1.58 bits per heavy atom. The summed E-state index contributed by atoms with van der Waals surface area (Å²) in [6.45, 7) is 7.18. The molecule has 0 radical (unpaired) electrons. The van der Waals surface area contributed by atoms with Gasteiger partial charge in [0, 0.05) is 44.3 Å². The Labute approximate surface area is 156 Å². The number of nitrogens with one attached hydrogen (secondary N) is 1. The van der Waals surface area contributed by atoms with Gasteiger partial charge in [0.25, 0.3) is 0 Å². The van der Waals surface area contributed by atoms with E-state index >= 15 is 0 Å². The van der Waals surface area contributed by atoms with Gasteiger partial charge in [-0.3, -0.25) is 9.69 Å². The minimum Gasteiger partial charge on any atom is -0.369 e. The number of carbonyl (C=O) groups excluding carboxylic acids is 1. The fourth-order valence-corrected chi connectivity index (χ4v) is 3.52. The van der Waals surface area contributed by atoms with E-state index in [-0.39, 0.29) is 5.91 Å². The highest BCUT2D eigenvalue weighted by Gasteiger charge is 2.19. The van der Waals surface area contributed by atoms with Crippen LogP contribution < -0.4 is 10.2 Å². The van der Waals surface area contributed by atoms with Crippen molar-refractivity contribution in [2.75, 3.05) is 44.2 Å². The molecular weight excluding hydrogens is 322 g/mol. The van der Waals surface area contributed by atoms with E-state index in [2.05, 4.69) is 70.6 Å². The number of carbonyl (C=O) groups is 1. The number of para-hydroxylation sites is 1. The van der Waals surface area contributed by atoms with Crippen LogP contribution in [0.3, 0.4) is 0 Å². The molecule has 1 saturated heterocycles. The fraction of sp³-hybridized carbons (Fsp3) is 0.409. The third kappa shape index (κ3) is 5.09. The number of hydrogen-bond acceptors (Lipinski definition) is 3. The van der Waals surface area contributed by atoms with Gasteiger partial charge in [-0.15, -0.1) is 0 Å². The molecule has 2 aromatic carbocycles. The van der Waals surface area contributed by atoms with Crippen LogP contribution in [0.1, 0.15) is 24.8 Å². The first-order valence-corrected chi connectivity index (χ1v) is 9.60. The van der Waals surface area contributed by atoms with Crippen molar-refractivity contribution in [3.05, 3.63) is 66.2 Å². The topological polar surface area (TPSA) is 35.6 Å². The highest BCUT2D eigenvalue weighted by Crippen LogP contribution is 2.18. The Morgan fingerprint density at radius 3 is 2.19 bits per heavy atom. The fourth-order valence-electron chi connectivity index (χ4n) is 3.52. The third-order valence-electron chi connectivity index (χ3n) is 5.17. The third-order valence-corrected chi connectivity index (χ3v) is 5.17. The predicted molar refractivity (Wildman–Crippen MR) is 108 cm³/mol. The Bertz CT molecular complexity index is 666. The van der Waals surface area contributed by atoms with Crippen LogP contribution in [0.5, 0.6) is 0 Å². The zero-order valence-corrected chi connectivity index (χ0v) is 15.6. The first-order valence-electron chi connectivity index (χ1n) is 9.60. The van der Waals surface area contributed by atoms with Crippen molar-refractivity contribution in [3.63, 3.8) is 0 Å². The molecule has 0 bridgehead atoms. The Balaban J connectivity index is 1.41. The van der Waals surface area contributed by atoms with Crippen molar-refractivity contribution in [2.45, 2.75) is 19.3 Å². The van der Waals surface area contributed by atoms with Crippen LogP contribution in [0.4, 0.5) is 5.69 Å². The molecule has 1 atom stereocenters. The first-order chi connectivity index (χ1) is 12.8. The molecule has 0 spiro atoms. The summed E-state index contributed by atoms with van der Waals surface area (Å²) in [7, 11) is 0. The number of anilines is 1. The normalized spacial score (nSPS) is 16.3. The number of hydrogen-bond donors (Lipinski definition) is 1. The van der Waals surface area contributed by atoms with Gasteiger partial charge in [-0.05, 0) is 24.1 Å². The Morgan fingerprint density at radius 1 is 0.962 bits per heavy atom. The van der Waals surface area contributed by atoms with Gasteiger partial charge in [0.2, 0.25) is 5.91 Å². The summed E-state index contributed by atoms with van der Waals surface area (Å²) in [5, 5.41) is 3.13. The molecular formula is C22H29N3O. The maximum absolute atomic E-state index is 12.3. The lowest BCUT2D eigenvalue weighted by Gasteiger charge is -2.35. The van der Waals surface area contributed by atoms with E-state index in [0.717, 1.165) is 32.6 Å². The summed E-state index contributed by atoms with van der Waals surface area (Å²) in [6.07, 6.45) is 1.03. The van der Waals surface area contributed by atoms with Crippen molar-refractivity contribution < 1.29 is 4.79 Å². The summed E-state index contributed by atoms with van der Waals surface area (Å²) >= 11 is 0. The van der Waals surface area contributed by atoms with Gasteiger partial charge in [-0.25, -0.2) is 0 Å². The molecule has 1 heterocycles. The quantitative estimate of drug-likeness (QED) is 0.832.